The van der Waals surface area contributed by atoms with E-state index in [9.17, 15) is 9.90 Å². The molecule has 16 heavy (non-hydrogen) atoms. The Morgan fingerprint density at radius 1 is 1.31 bits per heavy atom. The van der Waals surface area contributed by atoms with Gasteiger partial charge in [0.2, 0.25) is 0 Å². The van der Waals surface area contributed by atoms with E-state index in [4.69, 9.17) is 5.11 Å². The maximum atomic E-state index is 11.0. The molecule has 0 saturated heterocycles. The fourth-order valence-corrected chi connectivity index (χ4v) is 1.53. The molecule has 0 spiro atoms. The van der Waals surface area contributed by atoms with Crippen LogP contribution in [0.25, 0.3) is 0 Å². The number of carbonyl (C=O) groups excluding carboxylic acids is 1. The predicted octanol–water partition coefficient (Wildman–Crippen LogP) is -0.241. The van der Waals surface area contributed by atoms with Gasteiger partial charge < -0.3 is 19.5 Å². The molecule has 0 saturated carbocycles. The summed E-state index contributed by atoms with van der Waals surface area (Å²) in [4.78, 5) is 11.0. The zero-order valence-corrected chi connectivity index (χ0v) is 9.80. The second-order valence-electron chi connectivity index (χ2n) is 4.82. The Morgan fingerprint density at radius 3 is 2.19 bits per heavy atom. The van der Waals surface area contributed by atoms with Crippen molar-refractivity contribution in [3.63, 3.8) is 0 Å². The molecule has 1 aromatic rings. The van der Waals surface area contributed by atoms with Crippen LogP contribution in [0.15, 0.2) is 24.3 Å². The summed E-state index contributed by atoms with van der Waals surface area (Å²) in [6.07, 6.45) is 0.395. The first kappa shape index (κ1) is 12.5. The third-order valence-electron chi connectivity index (χ3n) is 2.57. The number of hydrogen-bond acceptors (Lipinski definition) is 3. The van der Waals surface area contributed by atoms with Crippen molar-refractivity contribution in [3.8, 4) is 5.75 Å². The summed E-state index contributed by atoms with van der Waals surface area (Å²) >= 11 is 0. The van der Waals surface area contributed by atoms with Crippen molar-refractivity contribution < 1.29 is 19.5 Å². The third kappa shape index (κ3) is 3.24. The number of quaternary nitrogens is 1. The highest BCUT2D eigenvalue weighted by Gasteiger charge is 2.25. The lowest BCUT2D eigenvalue weighted by molar-refractivity contribution is -0.889. The van der Waals surface area contributed by atoms with Crippen LogP contribution in [0.5, 0.6) is 5.75 Å². The van der Waals surface area contributed by atoms with Gasteiger partial charge in [0.1, 0.15) is 11.8 Å². The lowest BCUT2D eigenvalue weighted by Gasteiger charge is -2.34. The Hall–Kier alpha value is -1.55. The van der Waals surface area contributed by atoms with Gasteiger partial charge in [-0.3, -0.25) is 0 Å². The van der Waals surface area contributed by atoms with Crippen molar-refractivity contribution >= 4 is 5.97 Å². The molecule has 0 amide bonds. The molecule has 0 radical (unpaired) electrons. The molecule has 0 bridgehead atoms. The van der Waals surface area contributed by atoms with Gasteiger partial charge in [0.05, 0.1) is 27.1 Å². The minimum Gasteiger partial charge on any atom is -0.544 e. The smallest absolute Gasteiger partial charge is 0.133 e. The molecule has 0 aliphatic carbocycles. The highest BCUT2D eigenvalue weighted by Crippen LogP contribution is 2.14. The topological polar surface area (TPSA) is 60.4 Å². The van der Waals surface area contributed by atoms with Crippen molar-refractivity contribution in [2.75, 3.05) is 21.1 Å². The van der Waals surface area contributed by atoms with E-state index >= 15 is 0 Å². The van der Waals surface area contributed by atoms with E-state index in [2.05, 4.69) is 0 Å². The number of benzene rings is 1. The van der Waals surface area contributed by atoms with Crippen LogP contribution >= 0.6 is 0 Å². The molecular formula is C12H17NO3. The van der Waals surface area contributed by atoms with Crippen LogP contribution in [0, 0.1) is 0 Å². The molecule has 0 aliphatic rings. The summed E-state index contributed by atoms with van der Waals surface area (Å²) < 4.78 is 0.309. The van der Waals surface area contributed by atoms with Crippen LogP contribution in [-0.2, 0) is 11.2 Å². The van der Waals surface area contributed by atoms with Crippen molar-refractivity contribution in [2.24, 2.45) is 0 Å². The Bertz CT molecular complexity index is 365. The maximum Gasteiger partial charge on any atom is 0.133 e. The molecule has 88 valence electrons. The lowest BCUT2D eigenvalue weighted by Crippen LogP contribution is -2.55. The normalized spacial score (nSPS) is 13.4. The molecule has 0 heterocycles. The van der Waals surface area contributed by atoms with Crippen LogP contribution in [-0.4, -0.2) is 42.7 Å². The summed E-state index contributed by atoms with van der Waals surface area (Å²) in [7, 11) is 5.46. The Morgan fingerprint density at radius 2 is 1.81 bits per heavy atom. The highest BCUT2D eigenvalue weighted by molar-refractivity contribution is 5.70. The van der Waals surface area contributed by atoms with Crippen LogP contribution in [0.4, 0.5) is 0 Å². The number of aliphatic carboxylic acids is 1. The van der Waals surface area contributed by atoms with E-state index < -0.39 is 12.0 Å². The Kier molecular flexibility index (Phi) is 3.55. The minimum absolute atomic E-state index is 0.180. The van der Waals surface area contributed by atoms with Gasteiger partial charge in [-0.1, -0.05) is 12.1 Å². The molecule has 0 fully saturated rings. The zero-order chi connectivity index (χ0) is 12.3. The SMILES string of the molecule is C[N+](C)(C)[C@H](Cc1ccc(O)cc1)C(=O)[O-]. The van der Waals surface area contributed by atoms with E-state index in [1.165, 1.54) is 0 Å². The quantitative estimate of drug-likeness (QED) is 0.717. The van der Waals surface area contributed by atoms with Gasteiger partial charge in [-0.2, -0.15) is 0 Å². The lowest BCUT2D eigenvalue weighted by atomic mass is 10.0. The molecule has 0 aromatic heterocycles. The Balaban J connectivity index is 2.84. The second kappa shape index (κ2) is 4.53. The van der Waals surface area contributed by atoms with Crippen LogP contribution in [0.2, 0.25) is 0 Å². The van der Waals surface area contributed by atoms with Crippen LogP contribution < -0.4 is 5.11 Å². The minimum atomic E-state index is -1.06. The second-order valence-corrected chi connectivity index (χ2v) is 4.82. The largest absolute Gasteiger partial charge is 0.544 e. The number of nitrogens with zero attached hydrogens (tertiary/aromatic N) is 1. The molecule has 0 aliphatic heterocycles. The molecule has 1 rings (SSSR count). The van der Waals surface area contributed by atoms with Gasteiger partial charge in [-0.05, 0) is 17.7 Å². The number of carbonyl (C=O) groups is 1. The van der Waals surface area contributed by atoms with Crippen LogP contribution in [0.1, 0.15) is 5.56 Å². The first-order valence-electron chi connectivity index (χ1n) is 5.10. The summed E-state index contributed by atoms with van der Waals surface area (Å²) in [6.45, 7) is 0. The van der Waals surface area contributed by atoms with E-state index in [1.807, 2.05) is 21.1 Å². The molecule has 1 aromatic carbocycles. The fourth-order valence-electron chi connectivity index (χ4n) is 1.53. The van der Waals surface area contributed by atoms with Crippen LogP contribution in [0.3, 0.4) is 0 Å². The van der Waals surface area contributed by atoms with Gasteiger partial charge in [0.25, 0.3) is 0 Å². The van der Waals surface area contributed by atoms with Gasteiger partial charge in [0.15, 0.2) is 0 Å². The standard InChI is InChI=1S/C12H17NO3/c1-13(2,3)11(12(15)16)8-9-4-6-10(14)7-5-9/h4-7,11H,8H2,1-3H3,(H-,14,15,16)/t11-/m1/s1. The average Bonchev–Trinajstić information content (AvgIpc) is 2.14. The predicted molar refractivity (Wildman–Crippen MR) is 58.6 cm³/mol. The summed E-state index contributed by atoms with van der Waals surface area (Å²) in [5.74, 6) is -0.875. The van der Waals surface area contributed by atoms with Crippen molar-refractivity contribution in [3.05, 3.63) is 29.8 Å². The zero-order valence-electron chi connectivity index (χ0n) is 9.80. The molecule has 1 N–H and O–H groups in total. The van der Waals surface area contributed by atoms with Crippen molar-refractivity contribution in [2.45, 2.75) is 12.5 Å². The van der Waals surface area contributed by atoms with Crippen molar-refractivity contribution in [1.29, 1.82) is 0 Å². The summed E-state index contributed by atoms with van der Waals surface area (Å²) in [6, 6.07) is 5.96. The first-order valence-corrected chi connectivity index (χ1v) is 5.10. The molecule has 0 unspecified atom stereocenters. The highest BCUT2D eigenvalue weighted by atomic mass is 16.4. The van der Waals surface area contributed by atoms with Gasteiger partial charge in [-0.25, -0.2) is 0 Å². The van der Waals surface area contributed by atoms with E-state index in [0.717, 1.165) is 5.56 Å². The molecule has 4 heteroatoms. The van der Waals surface area contributed by atoms with Gasteiger partial charge >= 0.3 is 0 Å². The summed E-state index contributed by atoms with van der Waals surface area (Å²) in [5.41, 5.74) is 0.875. The van der Waals surface area contributed by atoms with Gasteiger partial charge in [-0.15, -0.1) is 0 Å². The number of phenols is 1. The maximum absolute atomic E-state index is 11.0. The van der Waals surface area contributed by atoms with Crippen molar-refractivity contribution in [1.82, 2.24) is 0 Å². The molecule has 1 atom stereocenters. The molecule has 4 nitrogen and oxygen atoms in total. The average molecular weight is 223 g/mol. The number of rotatable bonds is 4. The first-order chi connectivity index (χ1) is 7.30. The van der Waals surface area contributed by atoms with E-state index in [1.54, 1.807) is 24.3 Å². The van der Waals surface area contributed by atoms with E-state index in [-0.39, 0.29) is 5.75 Å². The number of carboxylic acids is 1. The molecular weight excluding hydrogens is 206 g/mol. The Labute approximate surface area is 95.3 Å². The fraction of sp³-hybridized carbons (Fsp3) is 0.417. The van der Waals surface area contributed by atoms with Gasteiger partial charge in [0, 0.05) is 6.42 Å². The number of hydrogen-bond donors (Lipinski definition) is 1. The number of carboxylic acid groups (broad SMARTS) is 1. The number of likely N-dealkylation sites (N-methyl/N-ethyl adjacent to an activating group) is 1. The number of phenolic OH excluding ortho intramolecular Hbond substituents is 1. The number of aromatic hydroxyl groups is 1. The van der Waals surface area contributed by atoms with E-state index in [0.29, 0.717) is 10.9 Å². The summed E-state index contributed by atoms with van der Waals surface area (Å²) in [5, 5.41) is 20.2. The third-order valence-corrected chi connectivity index (χ3v) is 2.57. The monoisotopic (exact) mass is 223 g/mol.